The van der Waals surface area contributed by atoms with Crippen LogP contribution in [0.15, 0.2) is 79.0 Å². The fourth-order valence-electron chi connectivity index (χ4n) is 2.45. The SMILES string of the molecule is O=C(COc1ccc(OCc2ccccc2)cc1)NCCc1ccccn1. The molecule has 1 N–H and O–H groups in total. The Morgan fingerprint density at radius 2 is 1.56 bits per heavy atom. The zero-order chi connectivity index (χ0) is 18.7. The largest absolute Gasteiger partial charge is 0.489 e. The van der Waals surface area contributed by atoms with Gasteiger partial charge in [0.05, 0.1) is 0 Å². The van der Waals surface area contributed by atoms with Crippen molar-refractivity contribution >= 4 is 5.91 Å². The Balaban J connectivity index is 1.36. The number of hydrogen-bond donors (Lipinski definition) is 1. The molecule has 0 aliphatic carbocycles. The van der Waals surface area contributed by atoms with Crippen LogP contribution in [0, 0.1) is 0 Å². The molecule has 0 aliphatic rings. The highest BCUT2D eigenvalue weighted by molar-refractivity contribution is 5.77. The second-order valence-corrected chi connectivity index (χ2v) is 5.96. The van der Waals surface area contributed by atoms with Gasteiger partial charge in [-0.2, -0.15) is 0 Å². The number of carbonyl (C=O) groups is 1. The van der Waals surface area contributed by atoms with Crippen molar-refractivity contribution in [3.05, 3.63) is 90.3 Å². The molecule has 0 bridgehead atoms. The first kappa shape index (κ1) is 18.5. The summed E-state index contributed by atoms with van der Waals surface area (Å²) in [7, 11) is 0. The number of rotatable bonds is 9. The zero-order valence-corrected chi connectivity index (χ0v) is 15.0. The van der Waals surface area contributed by atoms with E-state index in [1.165, 1.54) is 0 Å². The highest BCUT2D eigenvalue weighted by Gasteiger charge is 2.03. The maximum atomic E-state index is 11.9. The minimum absolute atomic E-state index is 0.0214. The predicted molar refractivity (Wildman–Crippen MR) is 104 cm³/mol. The lowest BCUT2D eigenvalue weighted by atomic mass is 10.2. The van der Waals surface area contributed by atoms with Gasteiger partial charge < -0.3 is 14.8 Å². The molecule has 1 aromatic heterocycles. The molecule has 1 amide bonds. The topological polar surface area (TPSA) is 60.5 Å². The molecule has 5 nitrogen and oxygen atoms in total. The quantitative estimate of drug-likeness (QED) is 0.634. The van der Waals surface area contributed by atoms with Crippen molar-refractivity contribution in [2.24, 2.45) is 0 Å². The van der Waals surface area contributed by atoms with Crippen molar-refractivity contribution in [3.63, 3.8) is 0 Å². The Bertz CT molecular complexity index is 821. The van der Waals surface area contributed by atoms with Crippen LogP contribution in [-0.2, 0) is 17.8 Å². The van der Waals surface area contributed by atoms with Crippen molar-refractivity contribution in [1.29, 1.82) is 0 Å². The smallest absolute Gasteiger partial charge is 0.257 e. The molecule has 138 valence electrons. The normalized spacial score (nSPS) is 10.2. The number of aromatic nitrogens is 1. The van der Waals surface area contributed by atoms with E-state index in [1.807, 2.05) is 60.7 Å². The van der Waals surface area contributed by atoms with E-state index in [0.717, 1.165) is 17.0 Å². The van der Waals surface area contributed by atoms with E-state index in [2.05, 4.69) is 10.3 Å². The van der Waals surface area contributed by atoms with E-state index in [0.29, 0.717) is 25.3 Å². The Labute approximate surface area is 159 Å². The van der Waals surface area contributed by atoms with Crippen LogP contribution in [0.4, 0.5) is 0 Å². The molecule has 0 fully saturated rings. The Morgan fingerprint density at radius 1 is 0.852 bits per heavy atom. The molecule has 1 heterocycles. The molecule has 0 unspecified atom stereocenters. The van der Waals surface area contributed by atoms with Gasteiger partial charge in [0.25, 0.3) is 5.91 Å². The lowest BCUT2D eigenvalue weighted by Crippen LogP contribution is -2.30. The molecule has 0 spiro atoms. The minimum Gasteiger partial charge on any atom is -0.489 e. The van der Waals surface area contributed by atoms with Crippen molar-refractivity contribution < 1.29 is 14.3 Å². The molecule has 0 saturated carbocycles. The summed E-state index contributed by atoms with van der Waals surface area (Å²) in [5.74, 6) is 1.23. The molecule has 27 heavy (non-hydrogen) atoms. The van der Waals surface area contributed by atoms with Crippen LogP contribution in [0.1, 0.15) is 11.3 Å². The first-order valence-corrected chi connectivity index (χ1v) is 8.86. The van der Waals surface area contributed by atoms with E-state index < -0.39 is 0 Å². The molecule has 2 aromatic carbocycles. The second-order valence-electron chi connectivity index (χ2n) is 5.96. The van der Waals surface area contributed by atoms with E-state index >= 15 is 0 Å². The summed E-state index contributed by atoms with van der Waals surface area (Å²) in [6.45, 7) is 1.03. The number of nitrogens with zero attached hydrogens (tertiary/aromatic N) is 1. The van der Waals surface area contributed by atoms with E-state index in [-0.39, 0.29) is 12.5 Å². The van der Waals surface area contributed by atoms with Gasteiger partial charge in [0.2, 0.25) is 0 Å². The first-order chi connectivity index (χ1) is 13.3. The highest BCUT2D eigenvalue weighted by atomic mass is 16.5. The fourth-order valence-corrected chi connectivity index (χ4v) is 2.45. The monoisotopic (exact) mass is 362 g/mol. The van der Waals surface area contributed by atoms with Gasteiger partial charge in [-0.1, -0.05) is 36.4 Å². The zero-order valence-electron chi connectivity index (χ0n) is 15.0. The molecule has 0 atom stereocenters. The summed E-state index contributed by atoms with van der Waals surface area (Å²) in [5, 5.41) is 2.82. The van der Waals surface area contributed by atoms with Crippen molar-refractivity contribution in [2.75, 3.05) is 13.2 Å². The lowest BCUT2D eigenvalue weighted by Gasteiger charge is -2.09. The number of amides is 1. The molecule has 3 aromatic rings. The van der Waals surface area contributed by atoms with Gasteiger partial charge in [0, 0.05) is 24.9 Å². The van der Waals surface area contributed by atoms with Gasteiger partial charge in [0.1, 0.15) is 18.1 Å². The first-order valence-electron chi connectivity index (χ1n) is 8.86. The van der Waals surface area contributed by atoms with Gasteiger partial charge in [0.15, 0.2) is 6.61 Å². The van der Waals surface area contributed by atoms with Crippen LogP contribution < -0.4 is 14.8 Å². The third-order valence-corrected chi connectivity index (χ3v) is 3.87. The van der Waals surface area contributed by atoms with Crippen LogP contribution in [0.2, 0.25) is 0 Å². The van der Waals surface area contributed by atoms with Crippen LogP contribution in [0.5, 0.6) is 11.5 Å². The van der Waals surface area contributed by atoms with E-state index in [4.69, 9.17) is 9.47 Å². The molecule has 3 rings (SSSR count). The van der Waals surface area contributed by atoms with Crippen molar-refractivity contribution in [1.82, 2.24) is 10.3 Å². The maximum Gasteiger partial charge on any atom is 0.257 e. The van der Waals surface area contributed by atoms with Gasteiger partial charge in [-0.05, 0) is 42.0 Å². The van der Waals surface area contributed by atoms with Crippen molar-refractivity contribution in [2.45, 2.75) is 13.0 Å². The summed E-state index contributed by atoms with van der Waals surface area (Å²) >= 11 is 0. The Kier molecular flexibility index (Phi) is 6.81. The predicted octanol–water partition coefficient (Wildman–Crippen LogP) is 3.40. The minimum atomic E-state index is -0.157. The van der Waals surface area contributed by atoms with Gasteiger partial charge in [-0.3, -0.25) is 9.78 Å². The second kappa shape index (κ2) is 9.97. The van der Waals surface area contributed by atoms with Crippen molar-refractivity contribution in [3.8, 4) is 11.5 Å². The van der Waals surface area contributed by atoms with Gasteiger partial charge in [-0.25, -0.2) is 0 Å². The number of benzene rings is 2. The van der Waals surface area contributed by atoms with Crippen LogP contribution in [0.25, 0.3) is 0 Å². The summed E-state index contributed by atoms with van der Waals surface area (Å²) < 4.78 is 11.2. The molecule has 5 heteroatoms. The van der Waals surface area contributed by atoms with Crippen LogP contribution in [-0.4, -0.2) is 24.0 Å². The van der Waals surface area contributed by atoms with Gasteiger partial charge >= 0.3 is 0 Å². The number of ether oxygens (including phenoxy) is 2. The average molecular weight is 362 g/mol. The third-order valence-electron chi connectivity index (χ3n) is 3.87. The Hall–Kier alpha value is -3.34. The number of hydrogen-bond acceptors (Lipinski definition) is 4. The molecule has 0 aliphatic heterocycles. The highest BCUT2D eigenvalue weighted by Crippen LogP contribution is 2.18. The number of carbonyl (C=O) groups excluding carboxylic acids is 1. The lowest BCUT2D eigenvalue weighted by molar-refractivity contribution is -0.123. The van der Waals surface area contributed by atoms with E-state index in [9.17, 15) is 4.79 Å². The maximum absolute atomic E-state index is 11.9. The number of nitrogens with one attached hydrogen (secondary N) is 1. The van der Waals surface area contributed by atoms with Crippen LogP contribution in [0.3, 0.4) is 0 Å². The summed E-state index contributed by atoms with van der Waals surface area (Å²) in [6, 6.07) is 23.0. The fraction of sp³-hybridized carbons (Fsp3) is 0.182. The van der Waals surface area contributed by atoms with Crippen LogP contribution >= 0.6 is 0 Å². The summed E-state index contributed by atoms with van der Waals surface area (Å²) in [6.07, 6.45) is 2.44. The molecule has 0 saturated heterocycles. The number of pyridine rings is 1. The average Bonchev–Trinajstić information content (AvgIpc) is 2.73. The summed E-state index contributed by atoms with van der Waals surface area (Å²) in [4.78, 5) is 16.1. The molecular formula is C22H22N2O3. The third kappa shape index (κ3) is 6.47. The van der Waals surface area contributed by atoms with Gasteiger partial charge in [-0.15, -0.1) is 0 Å². The standard InChI is InChI=1S/C22H22N2O3/c25-22(24-15-13-19-8-4-5-14-23-19)17-27-21-11-9-20(10-12-21)26-16-18-6-2-1-3-7-18/h1-12,14H,13,15-17H2,(H,24,25). The molecule has 0 radical (unpaired) electrons. The van der Waals surface area contributed by atoms with E-state index in [1.54, 1.807) is 18.3 Å². The Morgan fingerprint density at radius 3 is 2.26 bits per heavy atom. The summed E-state index contributed by atoms with van der Waals surface area (Å²) in [5.41, 5.74) is 2.06. The molecular weight excluding hydrogens is 340 g/mol.